The van der Waals surface area contributed by atoms with Crippen LogP contribution in [0.25, 0.3) is 0 Å². The predicted molar refractivity (Wildman–Crippen MR) is 61.7 cm³/mol. The molecule has 2 N–H and O–H groups in total. The lowest BCUT2D eigenvalue weighted by Gasteiger charge is -2.19. The van der Waals surface area contributed by atoms with Crippen LogP contribution in [0.4, 0.5) is 0 Å². The molecule has 0 bridgehead atoms. The van der Waals surface area contributed by atoms with E-state index in [1.807, 2.05) is 0 Å². The maximum absolute atomic E-state index is 3.59. The van der Waals surface area contributed by atoms with Gasteiger partial charge in [-0.3, -0.25) is 0 Å². The van der Waals surface area contributed by atoms with Crippen LogP contribution in [0, 0.1) is 0 Å². The highest BCUT2D eigenvalue weighted by atomic mass is 15.1. The van der Waals surface area contributed by atoms with Crippen molar-refractivity contribution in [2.75, 3.05) is 33.7 Å². The quantitative estimate of drug-likeness (QED) is 0.658. The summed E-state index contributed by atoms with van der Waals surface area (Å²) in [4.78, 5) is 2.24. The van der Waals surface area contributed by atoms with E-state index in [0.717, 1.165) is 12.6 Å². The maximum Gasteiger partial charge on any atom is 0.0193 e. The van der Waals surface area contributed by atoms with Gasteiger partial charge in [-0.1, -0.05) is 0 Å². The standard InChI is InChI=1S/C11H25N3/c1-10(6-8-14(2)3)13-9-11-5-4-7-12-11/h10-13H,4-9H2,1-3H3. The van der Waals surface area contributed by atoms with Crippen LogP contribution >= 0.6 is 0 Å². The number of hydrogen-bond donors (Lipinski definition) is 2. The van der Waals surface area contributed by atoms with Crippen molar-refractivity contribution in [3.63, 3.8) is 0 Å². The number of nitrogens with one attached hydrogen (secondary N) is 2. The van der Waals surface area contributed by atoms with Crippen LogP contribution in [0.15, 0.2) is 0 Å². The molecule has 1 rings (SSSR count). The molecule has 1 aliphatic heterocycles. The topological polar surface area (TPSA) is 27.3 Å². The molecule has 0 saturated carbocycles. The van der Waals surface area contributed by atoms with Gasteiger partial charge in [0.2, 0.25) is 0 Å². The van der Waals surface area contributed by atoms with Crippen molar-refractivity contribution in [2.45, 2.75) is 38.3 Å². The van der Waals surface area contributed by atoms with E-state index < -0.39 is 0 Å². The van der Waals surface area contributed by atoms with Crippen molar-refractivity contribution in [1.29, 1.82) is 0 Å². The molecule has 0 aromatic carbocycles. The first-order valence-electron chi connectivity index (χ1n) is 5.80. The first-order valence-corrected chi connectivity index (χ1v) is 5.80. The van der Waals surface area contributed by atoms with Crippen LogP contribution in [-0.4, -0.2) is 50.7 Å². The monoisotopic (exact) mass is 199 g/mol. The third-order valence-corrected chi connectivity index (χ3v) is 2.88. The van der Waals surface area contributed by atoms with Crippen molar-refractivity contribution < 1.29 is 0 Å². The Morgan fingerprint density at radius 2 is 2.29 bits per heavy atom. The minimum Gasteiger partial charge on any atom is -0.313 e. The van der Waals surface area contributed by atoms with Gasteiger partial charge in [0.15, 0.2) is 0 Å². The minimum absolute atomic E-state index is 0.639. The van der Waals surface area contributed by atoms with E-state index >= 15 is 0 Å². The average Bonchev–Trinajstić information content (AvgIpc) is 2.63. The van der Waals surface area contributed by atoms with Crippen molar-refractivity contribution in [2.24, 2.45) is 0 Å². The summed E-state index contributed by atoms with van der Waals surface area (Å²) < 4.78 is 0. The highest BCUT2D eigenvalue weighted by Gasteiger charge is 2.14. The molecule has 0 amide bonds. The van der Waals surface area contributed by atoms with Gasteiger partial charge >= 0.3 is 0 Å². The second kappa shape index (κ2) is 6.38. The summed E-state index contributed by atoms with van der Waals surface area (Å²) >= 11 is 0. The lowest BCUT2D eigenvalue weighted by atomic mass is 10.2. The third-order valence-electron chi connectivity index (χ3n) is 2.88. The lowest BCUT2D eigenvalue weighted by Crippen LogP contribution is -2.39. The molecule has 1 saturated heterocycles. The zero-order valence-corrected chi connectivity index (χ0v) is 9.84. The van der Waals surface area contributed by atoms with Crippen LogP contribution in [0.5, 0.6) is 0 Å². The zero-order valence-electron chi connectivity index (χ0n) is 9.84. The third kappa shape index (κ3) is 4.94. The second-order valence-corrected chi connectivity index (χ2v) is 4.69. The number of nitrogens with zero attached hydrogens (tertiary/aromatic N) is 1. The zero-order chi connectivity index (χ0) is 10.4. The molecule has 0 aliphatic carbocycles. The molecule has 0 spiro atoms. The van der Waals surface area contributed by atoms with Crippen LogP contribution in [0.1, 0.15) is 26.2 Å². The Balaban J connectivity index is 1.99. The van der Waals surface area contributed by atoms with Gasteiger partial charge in [-0.05, 0) is 53.4 Å². The van der Waals surface area contributed by atoms with Gasteiger partial charge < -0.3 is 15.5 Å². The van der Waals surface area contributed by atoms with E-state index in [1.54, 1.807) is 0 Å². The molecule has 84 valence electrons. The summed E-state index contributed by atoms with van der Waals surface area (Å²) in [6.07, 6.45) is 3.92. The summed E-state index contributed by atoms with van der Waals surface area (Å²) in [6.45, 7) is 5.79. The van der Waals surface area contributed by atoms with Crippen LogP contribution in [0.2, 0.25) is 0 Å². The molecule has 2 unspecified atom stereocenters. The van der Waals surface area contributed by atoms with Crippen LogP contribution in [0.3, 0.4) is 0 Å². The SMILES string of the molecule is CC(CCN(C)C)NCC1CCCN1. The summed E-state index contributed by atoms with van der Waals surface area (Å²) in [5, 5.41) is 7.09. The molecule has 14 heavy (non-hydrogen) atoms. The fourth-order valence-electron chi connectivity index (χ4n) is 1.83. The second-order valence-electron chi connectivity index (χ2n) is 4.69. The first kappa shape index (κ1) is 12.0. The van der Waals surface area contributed by atoms with Gasteiger partial charge in [-0.25, -0.2) is 0 Å². The summed E-state index contributed by atoms with van der Waals surface area (Å²) in [7, 11) is 4.26. The van der Waals surface area contributed by atoms with Gasteiger partial charge in [0, 0.05) is 18.6 Å². The molecule has 1 fully saturated rings. The predicted octanol–water partition coefficient (Wildman–Crippen LogP) is 0.668. The van der Waals surface area contributed by atoms with E-state index in [9.17, 15) is 0 Å². The highest BCUT2D eigenvalue weighted by Crippen LogP contribution is 2.03. The Hall–Kier alpha value is -0.120. The van der Waals surface area contributed by atoms with E-state index in [-0.39, 0.29) is 0 Å². The molecular weight excluding hydrogens is 174 g/mol. The van der Waals surface area contributed by atoms with Crippen molar-refractivity contribution in [1.82, 2.24) is 15.5 Å². The van der Waals surface area contributed by atoms with Gasteiger partial charge in [-0.15, -0.1) is 0 Å². The van der Waals surface area contributed by atoms with Crippen LogP contribution < -0.4 is 10.6 Å². The smallest absolute Gasteiger partial charge is 0.0193 e. The van der Waals surface area contributed by atoms with E-state index in [1.165, 1.54) is 32.4 Å². The molecule has 0 aromatic heterocycles. The molecule has 2 atom stereocenters. The Bertz CT molecular complexity index is 141. The minimum atomic E-state index is 0.639. The van der Waals surface area contributed by atoms with E-state index in [2.05, 4.69) is 36.6 Å². The van der Waals surface area contributed by atoms with Crippen molar-refractivity contribution in [3.8, 4) is 0 Å². The van der Waals surface area contributed by atoms with Gasteiger partial charge in [-0.2, -0.15) is 0 Å². The average molecular weight is 199 g/mol. The number of rotatable bonds is 6. The molecule has 3 heteroatoms. The van der Waals surface area contributed by atoms with Gasteiger partial charge in [0.25, 0.3) is 0 Å². The molecule has 3 nitrogen and oxygen atoms in total. The summed E-state index contributed by atoms with van der Waals surface area (Å²) in [6, 6.07) is 1.36. The molecular formula is C11H25N3. The first-order chi connectivity index (χ1) is 6.68. The van der Waals surface area contributed by atoms with Crippen molar-refractivity contribution in [3.05, 3.63) is 0 Å². The highest BCUT2D eigenvalue weighted by molar-refractivity contribution is 4.77. The maximum atomic E-state index is 3.59. The Morgan fingerprint density at radius 3 is 2.86 bits per heavy atom. The Kier molecular flexibility index (Phi) is 5.45. The molecule has 0 aromatic rings. The normalized spacial score (nSPS) is 24.4. The fraction of sp³-hybridized carbons (Fsp3) is 1.00. The molecule has 1 heterocycles. The lowest BCUT2D eigenvalue weighted by molar-refractivity contribution is 0.360. The largest absolute Gasteiger partial charge is 0.313 e. The van der Waals surface area contributed by atoms with Crippen LogP contribution in [-0.2, 0) is 0 Å². The molecule has 1 aliphatic rings. The molecule has 0 radical (unpaired) electrons. The van der Waals surface area contributed by atoms with Gasteiger partial charge in [0.1, 0.15) is 0 Å². The fourth-order valence-corrected chi connectivity index (χ4v) is 1.83. The Morgan fingerprint density at radius 1 is 1.50 bits per heavy atom. The van der Waals surface area contributed by atoms with E-state index in [4.69, 9.17) is 0 Å². The Labute approximate surface area is 88.2 Å². The summed E-state index contributed by atoms with van der Waals surface area (Å²) in [5.41, 5.74) is 0. The van der Waals surface area contributed by atoms with E-state index in [0.29, 0.717) is 6.04 Å². The number of hydrogen-bond acceptors (Lipinski definition) is 3. The van der Waals surface area contributed by atoms with Crippen molar-refractivity contribution >= 4 is 0 Å². The summed E-state index contributed by atoms with van der Waals surface area (Å²) in [5.74, 6) is 0. The van der Waals surface area contributed by atoms with Gasteiger partial charge in [0.05, 0.1) is 0 Å².